The van der Waals surface area contributed by atoms with Gasteiger partial charge < -0.3 is 5.32 Å². The molecular weight excluding hydrogens is 376 g/mol. The molecule has 4 nitrogen and oxygen atoms in total. The number of nitrogens with one attached hydrogen (secondary N) is 1. The van der Waals surface area contributed by atoms with Crippen LogP contribution in [0.15, 0.2) is 51.8 Å². The zero-order valence-corrected chi connectivity index (χ0v) is 14.2. The minimum Gasteiger partial charge on any atom is -0.309 e. The van der Waals surface area contributed by atoms with E-state index in [4.69, 9.17) is 16.7 Å². The highest BCUT2D eigenvalue weighted by molar-refractivity contribution is 9.10. The number of nitrogens with two attached hydrogens (primary N) is 1. The molecule has 0 aliphatic heterocycles. The smallest absolute Gasteiger partial charge is 0.238 e. The van der Waals surface area contributed by atoms with Crippen molar-refractivity contribution in [3.63, 3.8) is 0 Å². The summed E-state index contributed by atoms with van der Waals surface area (Å²) in [4.78, 5) is 0.113. The SMILES string of the molecule is NS(=O)(=O)c1cccc(CNCc2cc(Br)ccc2Cl)c1. The molecule has 0 aliphatic carbocycles. The Kier molecular flexibility index (Phi) is 5.40. The fraction of sp³-hybridized carbons (Fsp3) is 0.143. The highest BCUT2D eigenvalue weighted by Crippen LogP contribution is 2.21. The molecule has 2 rings (SSSR count). The molecule has 0 aliphatic rings. The molecular formula is C14H14BrClN2O2S. The van der Waals surface area contributed by atoms with Crippen LogP contribution in [0.2, 0.25) is 5.02 Å². The highest BCUT2D eigenvalue weighted by Gasteiger charge is 2.08. The van der Waals surface area contributed by atoms with Gasteiger partial charge in [0.2, 0.25) is 10.0 Å². The van der Waals surface area contributed by atoms with Crippen LogP contribution in [-0.4, -0.2) is 8.42 Å². The van der Waals surface area contributed by atoms with E-state index in [2.05, 4.69) is 21.2 Å². The van der Waals surface area contributed by atoms with Gasteiger partial charge in [-0.05, 0) is 41.5 Å². The van der Waals surface area contributed by atoms with Crippen molar-refractivity contribution in [1.29, 1.82) is 0 Å². The van der Waals surface area contributed by atoms with Crippen LogP contribution in [-0.2, 0) is 23.1 Å². The first-order valence-electron chi connectivity index (χ1n) is 6.12. The van der Waals surface area contributed by atoms with Crippen molar-refractivity contribution in [3.8, 4) is 0 Å². The predicted molar refractivity (Wildman–Crippen MR) is 87.5 cm³/mol. The van der Waals surface area contributed by atoms with Gasteiger partial charge in [-0.2, -0.15) is 0 Å². The lowest BCUT2D eigenvalue weighted by Crippen LogP contribution is -2.15. The van der Waals surface area contributed by atoms with Gasteiger partial charge in [-0.15, -0.1) is 0 Å². The van der Waals surface area contributed by atoms with E-state index in [1.54, 1.807) is 12.1 Å². The van der Waals surface area contributed by atoms with Crippen molar-refractivity contribution in [2.75, 3.05) is 0 Å². The minimum absolute atomic E-state index is 0.113. The van der Waals surface area contributed by atoms with E-state index >= 15 is 0 Å². The van der Waals surface area contributed by atoms with Crippen LogP contribution >= 0.6 is 27.5 Å². The zero-order chi connectivity index (χ0) is 15.5. The number of benzene rings is 2. The summed E-state index contributed by atoms with van der Waals surface area (Å²) in [6, 6.07) is 12.2. The molecule has 0 unspecified atom stereocenters. The number of rotatable bonds is 5. The van der Waals surface area contributed by atoms with Crippen LogP contribution < -0.4 is 10.5 Å². The van der Waals surface area contributed by atoms with Crippen LogP contribution in [0.4, 0.5) is 0 Å². The second kappa shape index (κ2) is 6.89. The molecule has 7 heteroatoms. The lowest BCUT2D eigenvalue weighted by atomic mass is 10.2. The maximum absolute atomic E-state index is 11.3. The fourth-order valence-corrected chi connectivity index (χ4v) is 3.03. The van der Waals surface area contributed by atoms with Crippen LogP contribution in [0, 0.1) is 0 Å². The van der Waals surface area contributed by atoms with E-state index in [1.165, 1.54) is 6.07 Å². The summed E-state index contributed by atoms with van der Waals surface area (Å²) in [5.74, 6) is 0. The number of halogens is 2. The summed E-state index contributed by atoms with van der Waals surface area (Å²) >= 11 is 9.50. The van der Waals surface area contributed by atoms with E-state index in [1.807, 2.05) is 24.3 Å². The first-order valence-corrected chi connectivity index (χ1v) is 8.84. The summed E-state index contributed by atoms with van der Waals surface area (Å²) in [6.45, 7) is 1.10. The first kappa shape index (κ1) is 16.5. The van der Waals surface area contributed by atoms with E-state index in [0.717, 1.165) is 15.6 Å². The molecule has 0 aromatic heterocycles. The summed E-state index contributed by atoms with van der Waals surface area (Å²) in [6.07, 6.45) is 0. The molecule has 2 aromatic carbocycles. The number of hydrogen-bond acceptors (Lipinski definition) is 3. The average molecular weight is 390 g/mol. The van der Waals surface area contributed by atoms with Gasteiger partial charge in [0.25, 0.3) is 0 Å². The number of primary sulfonamides is 1. The molecule has 0 saturated carbocycles. The van der Waals surface area contributed by atoms with Gasteiger partial charge in [0.05, 0.1) is 4.90 Å². The number of hydrogen-bond donors (Lipinski definition) is 2. The second-order valence-electron chi connectivity index (χ2n) is 4.53. The van der Waals surface area contributed by atoms with Crippen LogP contribution in [0.5, 0.6) is 0 Å². The quantitative estimate of drug-likeness (QED) is 0.825. The Morgan fingerprint density at radius 3 is 2.62 bits per heavy atom. The van der Waals surface area contributed by atoms with Crippen LogP contribution in [0.25, 0.3) is 0 Å². The fourth-order valence-electron chi connectivity index (χ4n) is 1.85. The van der Waals surface area contributed by atoms with Crippen molar-refractivity contribution < 1.29 is 8.42 Å². The lowest BCUT2D eigenvalue weighted by molar-refractivity contribution is 0.597. The van der Waals surface area contributed by atoms with Gasteiger partial charge in [-0.3, -0.25) is 0 Å². The van der Waals surface area contributed by atoms with Crippen LogP contribution in [0.1, 0.15) is 11.1 Å². The van der Waals surface area contributed by atoms with E-state index in [-0.39, 0.29) is 4.90 Å². The molecule has 0 spiro atoms. The maximum atomic E-state index is 11.3. The van der Waals surface area contributed by atoms with Crippen molar-refractivity contribution in [3.05, 3.63) is 63.1 Å². The Hall–Kier alpha value is -0.920. The maximum Gasteiger partial charge on any atom is 0.238 e. The monoisotopic (exact) mass is 388 g/mol. The summed E-state index contributed by atoms with van der Waals surface area (Å²) in [7, 11) is -3.67. The molecule has 21 heavy (non-hydrogen) atoms. The molecule has 0 fully saturated rings. The largest absolute Gasteiger partial charge is 0.309 e. The topological polar surface area (TPSA) is 72.2 Å². The Bertz CT molecular complexity index is 750. The Morgan fingerprint density at radius 2 is 1.90 bits per heavy atom. The average Bonchev–Trinajstić information content (AvgIpc) is 2.42. The van der Waals surface area contributed by atoms with Gasteiger partial charge in [0.1, 0.15) is 0 Å². The third-order valence-electron chi connectivity index (χ3n) is 2.88. The van der Waals surface area contributed by atoms with Crippen molar-refractivity contribution in [2.24, 2.45) is 5.14 Å². The Labute approximate surface area is 137 Å². The molecule has 0 bridgehead atoms. The summed E-state index contributed by atoms with van der Waals surface area (Å²) < 4.78 is 23.6. The minimum atomic E-state index is -3.67. The molecule has 2 aromatic rings. The molecule has 0 saturated heterocycles. The third-order valence-corrected chi connectivity index (χ3v) is 4.65. The third kappa shape index (κ3) is 4.79. The highest BCUT2D eigenvalue weighted by atomic mass is 79.9. The van der Waals surface area contributed by atoms with Gasteiger partial charge in [-0.1, -0.05) is 39.7 Å². The van der Waals surface area contributed by atoms with Gasteiger partial charge >= 0.3 is 0 Å². The lowest BCUT2D eigenvalue weighted by Gasteiger charge is -2.08. The zero-order valence-electron chi connectivity index (χ0n) is 11.0. The molecule has 0 atom stereocenters. The van der Waals surface area contributed by atoms with Gasteiger partial charge in [-0.25, -0.2) is 13.6 Å². The Morgan fingerprint density at radius 1 is 1.14 bits per heavy atom. The number of sulfonamides is 1. The summed E-state index contributed by atoms with van der Waals surface area (Å²) in [5.41, 5.74) is 1.81. The van der Waals surface area contributed by atoms with Crippen molar-refractivity contribution >= 4 is 37.6 Å². The van der Waals surface area contributed by atoms with Crippen LogP contribution in [0.3, 0.4) is 0 Å². The summed E-state index contributed by atoms with van der Waals surface area (Å²) in [5, 5.41) is 9.02. The second-order valence-corrected chi connectivity index (χ2v) is 7.42. The van der Waals surface area contributed by atoms with Gasteiger partial charge in [0.15, 0.2) is 0 Å². The van der Waals surface area contributed by atoms with E-state index < -0.39 is 10.0 Å². The van der Waals surface area contributed by atoms with Gasteiger partial charge in [0, 0.05) is 22.6 Å². The van der Waals surface area contributed by atoms with E-state index in [9.17, 15) is 8.42 Å². The normalized spacial score (nSPS) is 11.6. The Balaban J connectivity index is 2.02. The molecule has 3 N–H and O–H groups in total. The predicted octanol–water partition coefficient (Wildman–Crippen LogP) is 3.04. The standard InChI is InChI=1S/C14H14BrClN2O2S/c15-12-4-5-14(16)11(7-12)9-18-8-10-2-1-3-13(6-10)21(17,19)20/h1-7,18H,8-9H2,(H2,17,19,20). The first-order chi connectivity index (χ1) is 9.86. The molecule has 0 amide bonds. The van der Waals surface area contributed by atoms with Crippen molar-refractivity contribution in [2.45, 2.75) is 18.0 Å². The van der Waals surface area contributed by atoms with Crippen molar-refractivity contribution in [1.82, 2.24) is 5.32 Å². The molecule has 0 heterocycles. The molecule has 0 radical (unpaired) electrons. The van der Waals surface area contributed by atoms with E-state index in [0.29, 0.717) is 18.1 Å². The molecule has 112 valence electrons.